The summed E-state index contributed by atoms with van der Waals surface area (Å²) < 4.78 is 5.23. The Kier molecular flexibility index (Phi) is 10.5. The molecule has 0 saturated carbocycles. The van der Waals surface area contributed by atoms with Gasteiger partial charge in [-0.15, -0.1) is 0 Å². The summed E-state index contributed by atoms with van der Waals surface area (Å²) in [6.45, 7) is 2.24. The molecule has 0 aromatic heterocycles. The fraction of sp³-hybridized carbons (Fsp3) is 0.632. The van der Waals surface area contributed by atoms with Gasteiger partial charge in [0, 0.05) is 11.4 Å². The third kappa shape index (κ3) is 8.85. The maximum absolute atomic E-state index is 12.0. The Balaban J connectivity index is 2.14. The molecule has 3 nitrogen and oxygen atoms in total. The molecule has 1 aromatic carbocycles. The zero-order valence-electron chi connectivity index (χ0n) is 14.5. The number of nitrogens with one attached hydrogen (secondary N) is 1. The van der Waals surface area contributed by atoms with E-state index >= 15 is 0 Å². The van der Waals surface area contributed by atoms with Crippen molar-refractivity contribution in [2.75, 3.05) is 12.4 Å². The van der Waals surface area contributed by atoms with Crippen molar-refractivity contribution in [3.8, 4) is 5.75 Å². The molecule has 0 aliphatic rings. The van der Waals surface area contributed by atoms with Crippen molar-refractivity contribution in [2.24, 2.45) is 0 Å². The zero-order chi connectivity index (χ0) is 16.9. The Labute approximate surface area is 145 Å². The molecular formula is C19H30ClNO2. The minimum absolute atomic E-state index is 0.0218. The molecule has 0 atom stereocenters. The van der Waals surface area contributed by atoms with E-state index in [4.69, 9.17) is 16.3 Å². The van der Waals surface area contributed by atoms with Crippen LogP contribution in [0.1, 0.15) is 71.1 Å². The molecule has 0 unspecified atom stereocenters. The van der Waals surface area contributed by atoms with Crippen LogP contribution >= 0.6 is 11.6 Å². The standard InChI is InChI=1S/C19H30ClNO2/c1-3-4-5-6-7-8-9-10-11-12-19(22)21-17-15-16(20)13-14-18(17)23-2/h13-15H,3-12H2,1-2H3,(H,21,22). The second kappa shape index (κ2) is 12.2. The highest BCUT2D eigenvalue weighted by Gasteiger charge is 2.08. The van der Waals surface area contributed by atoms with E-state index in [1.165, 1.54) is 44.9 Å². The van der Waals surface area contributed by atoms with Crippen LogP contribution in [-0.2, 0) is 4.79 Å². The van der Waals surface area contributed by atoms with E-state index in [9.17, 15) is 4.79 Å². The number of rotatable bonds is 12. The minimum Gasteiger partial charge on any atom is -0.495 e. The van der Waals surface area contributed by atoms with E-state index < -0.39 is 0 Å². The van der Waals surface area contributed by atoms with Gasteiger partial charge in [0.2, 0.25) is 5.91 Å². The average molecular weight is 340 g/mol. The molecule has 0 saturated heterocycles. The Morgan fingerprint density at radius 1 is 1.04 bits per heavy atom. The van der Waals surface area contributed by atoms with Gasteiger partial charge in [-0.1, -0.05) is 69.9 Å². The molecule has 130 valence electrons. The van der Waals surface area contributed by atoms with Crippen molar-refractivity contribution in [1.29, 1.82) is 0 Å². The van der Waals surface area contributed by atoms with Crippen molar-refractivity contribution >= 4 is 23.2 Å². The van der Waals surface area contributed by atoms with Gasteiger partial charge < -0.3 is 10.1 Å². The molecule has 1 rings (SSSR count). The molecule has 0 aliphatic carbocycles. The molecule has 0 fully saturated rings. The molecule has 0 bridgehead atoms. The predicted octanol–water partition coefficient (Wildman–Crippen LogP) is 6.21. The SMILES string of the molecule is CCCCCCCCCCCC(=O)Nc1cc(Cl)ccc1OC. The number of hydrogen-bond acceptors (Lipinski definition) is 2. The van der Waals surface area contributed by atoms with Gasteiger partial charge in [-0.3, -0.25) is 4.79 Å². The van der Waals surface area contributed by atoms with E-state index in [0.717, 1.165) is 12.8 Å². The number of carbonyl (C=O) groups is 1. The molecule has 1 N–H and O–H groups in total. The van der Waals surface area contributed by atoms with Gasteiger partial charge >= 0.3 is 0 Å². The first kappa shape index (κ1) is 19.8. The van der Waals surface area contributed by atoms with Gasteiger partial charge in [0.25, 0.3) is 0 Å². The van der Waals surface area contributed by atoms with Gasteiger partial charge in [0.1, 0.15) is 5.75 Å². The van der Waals surface area contributed by atoms with Crippen molar-refractivity contribution in [3.05, 3.63) is 23.2 Å². The number of halogens is 1. The highest BCUT2D eigenvalue weighted by molar-refractivity contribution is 6.31. The van der Waals surface area contributed by atoms with E-state index in [1.54, 1.807) is 25.3 Å². The summed E-state index contributed by atoms with van der Waals surface area (Å²) in [5, 5.41) is 3.47. The third-order valence-electron chi connectivity index (χ3n) is 3.94. The Morgan fingerprint density at radius 2 is 1.65 bits per heavy atom. The van der Waals surface area contributed by atoms with Crippen LogP contribution in [0.4, 0.5) is 5.69 Å². The van der Waals surface area contributed by atoms with Gasteiger partial charge in [-0.25, -0.2) is 0 Å². The van der Waals surface area contributed by atoms with Crippen LogP contribution in [0.3, 0.4) is 0 Å². The first-order chi connectivity index (χ1) is 11.2. The second-order valence-electron chi connectivity index (χ2n) is 5.97. The number of unbranched alkanes of at least 4 members (excludes halogenated alkanes) is 8. The van der Waals surface area contributed by atoms with Crippen LogP contribution in [0.2, 0.25) is 5.02 Å². The summed E-state index contributed by atoms with van der Waals surface area (Å²) in [5.41, 5.74) is 0.640. The summed E-state index contributed by atoms with van der Waals surface area (Å²) >= 11 is 5.96. The molecule has 0 aliphatic heterocycles. The molecule has 1 aromatic rings. The molecule has 1 amide bonds. The topological polar surface area (TPSA) is 38.3 Å². The molecule has 0 spiro atoms. The second-order valence-corrected chi connectivity index (χ2v) is 6.41. The number of methoxy groups -OCH3 is 1. The summed E-state index contributed by atoms with van der Waals surface area (Å²) in [4.78, 5) is 12.0. The van der Waals surface area contributed by atoms with E-state index in [1.807, 2.05) is 0 Å². The quantitative estimate of drug-likeness (QED) is 0.460. The van der Waals surface area contributed by atoms with E-state index in [0.29, 0.717) is 22.9 Å². The number of hydrogen-bond donors (Lipinski definition) is 1. The normalized spacial score (nSPS) is 10.6. The third-order valence-corrected chi connectivity index (χ3v) is 4.18. The Hall–Kier alpha value is -1.22. The summed E-state index contributed by atoms with van der Waals surface area (Å²) in [6, 6.07) is 5.22. The zero-order valence-corrected chi connectivity index (χ0v) is 15.3. The summed E-state index contributed by atoms with van der Waals surface area (Å²) in [5.74, 6) is 0.656. The molecule has 4 heteroatoms. The lowest BCUT2D eigenvalue weighted by Gasteiger charge is -2.10. The van der Waals surface area contributed by atoms with Gasteiger partial charge in [-0.2, -0.15) is 0 Å². The first-order valence-corrected chi connectivity index (χ1v) is 9.18. The smallest absolute Gasteiger partial charge is 0.224 e. The fourth-order valence-electron chi connectivity index (χ4n) is 2.59. The maximum Gasteiger partial charge on any atom is 0.224 e. The number of amides is 1. The van der Waals surface area contributed by atoms with Crippen LogP contribution in [0.25, 0.3) is 0 Å². The van der Waals surface area contributed by atoms with Crippen LogP contribution in [-0.4, -0.2) is 13.0 Å². The number of carbonyl (C=O) groups excluding carboxylic acids is 1. The van der Waals surface area contributed by atoms with Crippen molar-refractivity contribution in [1.82, 2.24) is 0 Å². The molecule has 23 heavy (non-hydrogen) atoms. The largest absolute Gasteiger partial charge is 0.495 e. The van der Waals surface area contributed by atoms with Crippen LogP contribution in [0.5, 0.6) is 5.75 Å². The minimum atomic E-state index is 0.0218. The van der Waals surface area contributed by atoms with Gasteiger partial charge in [-0.05, 0) is 24.6 Å². The van der Waals surface area contributed by atoms with Crippen molar-refractivity contribution in [2.45, 2.75) is 71.1 Å². The lowest BCUT2D eigenvalue weighted by Crippen LogP contribution is -2.11. The monoisotopic (exact) mass is 339 g/mol. The molecule has 0 heterocycles. The van der Waals surface area contributed by atoms with Gasteiger partial charge in [0.05, 0.1) is 12.8 Å². The highest BCUT2D eigenvalue weighted by atomic mass is 35.5. The summed E-state index contributed by atoms with van der Waals surface area (Å²) in [7, 11) is 1.58. The van der Waals surface area contributed by atoms with Crippen LogP contribution < -0.4 is 10.1 Å². The number of anilines is 1. The molecular weight excluding hydrogens is 310 g/mol. The highest BCUT2D eigenvalue weighted by Crippen LogP contribution is 2.27. The molecule has 0 radical (unpaired) electrons. The lowest BCUT2D eigenvalue weighted by atomic mass is 10.1. The Morgan fingerprint density at radius 3 is 2.26 bits per heavy atom. The summed E-state index contributed by atoms with van der Waals surface area (Å²) in [6.07, 6.45) is 11.8. The van der Waals surface area contributed by atoms with Crippen molar-refractivity contribution < 1.29 is 9.53 Å². The maximum atomic E-state index is 12.0. The van der Waals surface area contributed by atoms with Crippen molar-refractivity contribution in [3.63, 3.8) is 0 Å². The van der Waals surface area contributed by atoms with Gasteiger partial charge in [0.15, 0.2) is 0 Å². The first-order valence-electron chi connectivity index (χ1n) is 8.80. The van der Waals surface area contributed by atoms with Crippen LogP contribution in [0, 0.1) is 0 Å². The van der Waals surface area contributed by atoms with E-state index in [2.05, 4.69) is 12.2 Å². The number of ether oxygens (including phenoxy) is 1. The lowest BCUT2D eigenvalue weighted by molar-refractivity contribution is -0.116. The Bertz CT molecular complexity index is 463. The van der Waals surface area contributed by atoms with Crippen LogP contribution in [0.15, 0.2) is 18.2 Å². The predicted molar refractivity (Wildman–Crippen MR) is 98.5 cm³/mol. The van der Waals surface area contributed by atoms with E-state index in [-0.39, 0.29) is 5.91 Å². The number of benzene rings is 1. The average Bonchev–Trinajstić information content (AvgIpc) is 2.53. The fourth-order valence-corrected chi connectivity index (χ4v) is 2.76.